The Bertz CT molecular complexity index is 372. The van der Waals surface area contributed by atoms with Gasteiger partial charge >= 0.3 is 0 Å². The van der Waals surface area contributed by atoms with Crippen molar-refractivity contribution in [2.24, 2.45) is 0 Å². The molecule has 0 saturated carbocycles. The minimum atomic E-state index is 0.295. The highest BCUT2D eigenvalue weighted by Gasteiger charge is 2.20. The molecule has 0 aromatic heterocycles. The average molecular weight is 257 g/mol. The van der Waals surface area contributed by atoms with Crippen molar-refractivity contribution < 1.29 is 0 Å². The van der Waals surface area contributed by atoms with Gasteiger partial charge in [0.15, 0.2) is 0 Å². The van der Waals surface area contributed by atoms with Gasteiger partial charge in [0.1, 0.15) is 0 Å². The smallest absolute Gasteiger partial charge is 0.0595 e. The van der Waals surface area contributed by atoms with E-state index in [9.17, 15) is 0 Å². The predicted octanol–water partition coefficient (Wildman–Crippen LogP) is 2.96. The summed E-state index contributed by atoms with van der Waals surface area (Å²) in [5, 5.41) is 4.68. The zero-order chi connectivity index (χ0) is 11.5. The lowest BCUT2D eigenvalue weighted by Crippen LogP contribution is -2.50. The van der Waals surface area contributed by atoms with Crippen LogP contribution in [0.15, 0.2) is 30.9 Å². The number of hydrogen-bond donors (Lipinski definition) is 1. The normalized spacial score (nSPS) is 20.9. The van der Waals surface area contributed by atoms with Crippen LogP contribution in [-0.4, -0.2) is 25.7 Å². The summed E-state index contributed by atoms with van der Waals surface area (Å²) in [6, 6.07) is 5.92. The van der Waals surface area contributed by atoms with Crippen molar-refractivity contribution in [3.63, 3.8) is 0 Å². The molecule has 2 nitrogen and oxygen atoms in total. The lowest BCUT2D eigenvalue weighted by atomic mass is 10.1. The number of hydrogen-bond acceptors (Lipinski definition) is 2. The Hall–Kier alpha value is -0.700. The van der Waals surface area contributed by atoms with E-state index < -0.39 is 0 Å². The van der Waals surface area contributed by atoms with Gasteiger partial charge in [-0.1, -0.05) is 29.3 Å². The van der Waals surface area contributed by atoms with E-state index in [4.69, 9.17) is 23.2 Å². The molecule has 1 unspecified atom stereocenters. The molecular formula is C12H14Cl2N2. The van der Waals surface area contributed by atoms with Gasteiger partial charge in [0.05, 0.1) is 6.04 Å². The van der Waals surface area contributed by atoms with Crippen LogP contribution in [-0.2, 0) is 0 Å². The van der Waals surface area contributed by atoms with Crippen molar-refractivity contribution in [1.82, 2.24) is 5.32 Å². The summed E-state index contributed by atoms with van der Waals surface area (Å²) in [5.74, 6) is 0. The van der Waals surface area contributed by atoms with Gasteiger partial charge in [-0.25, -0.2) is 0 Å². The third-order valence-corrected chi connectivity index (χ3v) is 3.17. The summed E-state index contributed by atoms with van der Waals surface area (Å²) in [4.78, 5) is 2.27. The topological polar surface area (TPSA) is 15.3 Å². The van der Waals surface area contributed by atoms with Crippen LogP contribution < -0.4 is 10.2 Å². The molecular weight excluding hydrogens is 243 g/mol. The van der Waals surface area contributed by atoms with Crippen molar-refractivity contribution in [3.8, 4) is 0 Å². The maximum atomic E-state index is 6.01. The Kier molecular flexibility index (Phi) is 3.74. The molecule has 1 aromatic rings. The van der Waals surface area contributed by atoms with Crippen LogP contribution in [0.4, 0.5) is 5.69 Å². The largest absolute Gasteiger partial charge is 0.362 e. The molecule has 86 valence electrons. The monoisotopic (exact) mass is 256 g/mol. The second-order valence-electron chi connectivity index (χ2n) is 3.83. The van der Waals surface area contributed by atoms with Crippen LogP contribution in [0.5, 0.6) is 0 Å². The highest BCUT2D eigenvalue weighted by molar-refractivity contribution is 6.35. The first kappa shape index (κ1) is 11.8. The van der Waals surface area contributed by atoms with Crippen LogP contribution in [0.3, 0.4) is 0 Å². The second kappa shape index (κ2) is 5.09. The number of rotatable bonds is 2. The minimum Gasteiger partial charge on any atom is -0.362 e. The Morgan fingerprint density at radius 1 is 1.31 bits per heavy atom. The van der Waals surface area contributed by atoms with Crippen molar-refractivity contribution in [2.75, 3.05) is 24.5 Å². The standard InChI is InChI=1S/C12H14Cl2N2/c1-2-11-8-15-3-4-16(11)12-6-9(13)5-10(14)7-12/h2,5-7,11,15H,1,3-4,8H2. The first-order valence-corrected chi connectivity index (χ1v) is 6.02. The van der Waals surface area contributed by atoms with Crippen molar-refractivity contribution in [1.29, 1.82) is 0 Å². The quantitative estimate of drug-likeness (QED) is 0.819. The molecule has 1 fully saturated rings. The van der Waals surface area contributed by atoms with Gasteiger partial charge in [0.2, 0.25) is 0 Å². The molecule has 2 rings (SSSR count). The Morgan fingerprint density at radius 2 is 2.00 bits per heavy atom. The first-order valence-electron chi connectivity index (χ1n) is 5.26. The molecule has 16 heavy (non-hydrogen) atoms. The fraction of sp³-hybridized carbons (Fsp3) is 0.333. The van der Waals surface area contributed by atoms with Crippen LogP contribution >= 0.6 is 23.2 Å². The third kappa shape index (κ3) is 2.51. The second-order valence-corrected chi connectivity index (χ2v) is 4.70. The molecule has 1 heterocycles. The van der Waals surface area contributed by atoms with Crippen molar-refractivity contribution in [3.05, 3.63) is 40.9 Å². The van der Waals surface area contributed by atoms with Gasteiger partial charge in [-0.05, 0) is 18.2 Å². The van der Waals surface area contributed by atoms with Gasteiger partial charge < -0.3 is 10.2 Å². The van der Waals surface area contributed by atoms with Crippen molar-refractivity contribution in [2.45, 2.75) is 6.04 Å². The van der Waals surface area contributed by atoms with E-state index in [2.05, 4.69) is 16.8 Å². The van der Waals surface area contributed by atoms with Gasteiger partial charge in [0.25, 0.3) is 0 Å². The molecule has 1 aromatic carbocycles. The summed E-state index contributed by atoms with van der Waals surface area (Å²) in [6.07, 6.45) is 1.95. The van der Waals surface area contributed by atoms with E-state index >= 15 is 0 Å². The fourth-order valence-electron chi connectivity index (χ4n) is 1.96. The van der Waals surface area contributed by atoms with Crippen LogP contribution in [0.25, 0.3) is 0 Å². The van der Waals surface area contributed by atoms with Gasteiger partial charge in [-0.3, -0.25) is 0 Å². The number of halogens is 2. The number of piperazine rings is 1. The summed E-state index contributed by atoms with van der Waals surface area (Å²) in [6.45, 7) is 6.67. The van der Waals surface area contributed by atoms with Crippen LogP contribution in [0.2, 0.25) is 10.0 Å². The maximum Gasteiger partial charge on any atom is 0.0595 e. The van der Waals surface area contributed by atoms with Crippen LogP contribution in [0, 0.1) is 0 Å². The summed E-state index contributed by atoms with van der Waals surface area (Å²) >= 11 is 12.0. The molecule has 0 spiro atoms. The maximum absolute atomic E-state index is 6.01. The Labute approximate surface area is 106 Å². The van der Waals surface area contributed by atoms with E-state index in [1.807, 2.05) is 18.2 Å². The molecule has 0 amide bonds. The number of nitrogens with one attached hydrogen (secondary N) is 1. The molecule has 4 heteroatoms. The molecule has 1 aliphatic heterocycles. The third-order valence-electron chi connectivity index (χ3n) is 2.73. The molecule has 1 aliphatic rings. The molecule has 0 aliphatic carbocycles. The molecule has 1 atom stereocenters. The van der Waals surface area contributed by atoms with Crippen molar-refractivity contribution >= 4 is 28.9 Å². The number of nitrogens with zero attached hydrogens (tertiary/aromatic N) is 1. The van der Waals surface area contributed by atoms with E-state index in [1.54, 1.807) is 6.07 Å². The molecule has 0 radical (unpaired) electrons. The Morgan fingerprint density at radius 3 is 2.62 bits per heavy atom. The van der Waals surface area contributed by atoms with Gasteiger partial charge in [-0.2, -0.15) is 0 Å². The highest BCUT2D eigenvalue weighted by atomic mass is 35.5. The zero-order valence-corrected chi connectivity index (χ0v) is 10.4. The van der Waals surface area contributed by atoms with E-state index in [0.717, 1.165) is 25.3 Å². The highest BCUT2D eigenvalue weighted by Crippen LogP contribution is 2.27. The molecule has 1 N–H and O–H groups in total. The number of benzene rings is 1. The zero-order valence-electron chi connectivity index (χ0n) is 8.92. The summed E-state index contributed by atoms with van der Waals surface area (Å²) in [7, 11) is 0. The summed E-state index contributed by atoms with van der Waals surface area (Å²) in [5.41, 5.74) is 1.06. The minimum absolute atomic E-state index is 0.295. The number of anilines is 1. The SMILES string of the molecule is C=CC1CNCCN1c1cc(Cl)cc(Cl)c1. The van der Waals surface area contributed by atoms with Gasteiger partial charge in [0, 0.05) is 35.4 Å². The fourth-order valence-corrected chi connectivity index (χ4v) is 2.48. The van der Waals surface area contributed by atoms with Gasteiger partial charge in [-0.15, -0.1) is 6.58 Å². The lowest BCUT2D eigenvalue weighted by molar-refractivity contribution is 0.530. The predicted molar refractivity (Wildman–Crippen MR) is 70.7 cm³/mol. The Balaban J connectivity index is 2.30. The van der Waals surface area contributed by atoms with E-state index in [-0.39, 0.29) is 0 Å². The van der Waals surface area contributed by atoms with Crippen LogP contribution in [0.1, 0.15) is 0 Å². The first-order chi connectivity index (χ1) is 7.70. The van der Waals surface area contributed by atoms with E-state index in [0.29, 0.717) is 16.1 Å². The molecule has 0 bridgehead atoms. The van der Waals surface area contributed by atoms with E-state index in [1.165, 1.54) is 0 Å². The molecule has 1 saturated heterocycles. The lowest BCUT2D eigenvalue weighted by Gasteiger charge is -2.36. The average Bonchev–Trinajstić information content (AvgIpc) is 2.27. The summed E-state index contributed by atoms with van der Waals surface area (Å²) < 4.78 is 0.